The molecule has 18 heavy (non-hydrogen) atoms. The molecular weight excluding hydrogens is 228 g/mol. The van der Waals surface area contributed by atoms with Crippen molar-refractivity contribution in [2.75, 3.05) is 12.3 Å². The summed E-state index contributed by atoms with van der Waals surface area (Å²) < 4.78 is 11.1. The van der Waals surface area contributed by atoms with E-state index in [0.29, 0.717) is 29.5 Å². The van der Waals surface area contributed by atoms with Crippen LogP contribution in [0.4, 0.5) is 5.69 Å². The van der Waals surface area contributed by atoms with Crippen LogP contribution in [0.5, 0.6) is 17.2 Å². The molecule has 0 bridgehead atoms. The number of nitrogens with zero attached hydrogens (tertiary/aromatic N) is 1. The van der Waals surface area contributed by atoms with Crippen molar-refractivity contribution in [1.29, 1.82) is 0 Å². The van der Waals surface area contributed by atoms with Gasteiger partial charge in [0.2, 0.25) is 0 Å². The highest BCUT2D eigenvalue weighted by molar-refractivity contribution is 5.51. The number of rotatable bonds is 4. The normalized spacial score (nSPS) is 10.1. The molecule has 94 valence electrons. The van der Waals surface area contributed by atoms with Crippen LogP contribution in [0.15, 0.2) is 36.5 Å². The largest absolute Gasteiger partial charge is 0.494 e. The van der Waals surface area contributed by atoms with Crippen LogP contribution in [0.1, 0.15) is 12.6 Å². The second kappa shape index (κ2) is 5.40. The van der Waals surface area contributed by atoms with Crippen LogP contribution < -0.4 is 15.2 Å². The Morgan fingerprint density at radius 1 is 1.11 bits per heavy atom. The molecule has 1 heterocycles. The highest BCUT2D eigenvalue weighted by atomic mass is 16.5. The standard InChI is InChI=1S/C14H16N2O2/c1-3-17-13-6-11(15)7-14(8-13)18-12-5-4-10(2)16-9-12/h4-9H,3,15H2,1-2H3. The number of nitrogens with two attached hydrogens (primary N) is 1. The summed E-state index contributed by atoms with van der Waals surface area (Å²) in [7, 11) is 0. The van der Waals surface area contributed by atoms with Crippen LogP contribution >= 0.6 is 0 Å². The lowest BCUT2D eigenvalue weighted by molar-refractivity contribution is 0.338. The summed E-state index contributed by atoms with van der Waals surface area (Å²) in [6.45, 7) is 4.44. The quantitative estimate of drug-likeness (QED) is 0.839. The second-order valence-corrected chi connectivity index (χ2v) is 3.91. The van der Waals surface area contributed by atoms with E-state index in [-0.39, 0.29) is 0 Å². The molecule has 4 heteroatoms. The maximum absolute atomic E-state index is 5.79. The molecule has 0 aliphatic heterocycles. The maximum atomic E-state index is 5.79. The summed E-state index contributed by atoms with van der Waals surface area (Å²) in [5, 5.41) is 0. The predicted molar refractivity (Wildman–Crippen MR) is 71.1 cm³/mol. The molecule has 0 saturated heterocycles. The third kappa shape index (κ3) is 3.13. The molecule has 0 radical (unpaired) electrons. The minimum atomic E-state index is 0.592. The van der Waals surface area contributed by atoms with E-state index in [4.69, 9.17) is 15.2 Å². The first-order valence-electron chi connectivity index (χ1n) is 5.81. The summed E-state index contributed by atoms with van der Waals surface area (Å²) in [5.41, 5.74) is 7.35. The van der Waals surface area contributed by atoms with E-state index in [1.165, 1.54) is 0 Å². The molecule has 0 amide bonds. The summed E-state index contributed by atoms with van der Waals surface area (Å²) in [5.74, 6) is 2.02. The van der Waals surface area contributed by atoms with Crippen LogP contribution in [-0.4, -0.2) is 11.6 Å². The van der Waals surface area contributed by atoms with Gasteiger partial charge in [-0.15, -0.1) is 0 Å². The first kappa shape index (κ1) is 12.2. The van der Waals surface area contributed by atoms with Gasteiger partial charge in [0.1, 0.15) is 17.2 Å². The van der Waals surface area contributed by atoms with Gasteiger partial charge in [0, 0.05) is 29.6 Å². The van der Waals surface area contributed by atoms with Crippen LogP contribution in [0.3, 0.4) is 0 Å². The molecule has 2 N–H and O–H groups in total. The fourth-order valence-corrected chi connectivity index (χ4v) is 1.55. The Hall–Kier alpha value is -2.23. The smallest absolute Gasteiger partial charge is 0.145 e. The van der Waals surface area contributed by atoms with Crippen molar-refractivity contribution in [1.82, 2.24) is 4.98 Å². The Morgan fingerprint density at radius 3 is 2.56 bits per heavy atom. The summed E-state index contributed by atoms with van der Waals surface area (Å²) in [6, 6.07) is 9.09. The van der Waals surface area contributed by atoms with E-state index in [0.717, 1.165) is 5.69 Å². The Kier molecular flexibility index (Phi) is 3.67. The Bertz CT molecular complexity index is 524. The molecule has 0 saturated carbocycles. The van der Waals surface area contributed by atoms with Crippen molar-refractivity contribution in [3.05, 3.63) is 42.2 Å². The van der Waals surface area contributed by atoms with Gasteiger partial charge in [-0.1, -0.05) is 0 Å². The predicted octanol–water partition coefficient (Wildman–Crippen LogP) is 3.16. The first-order valence-corrected chi connectivity index (χ1v) is 5.81. The third-order valence-electron chi connectivity index (χ3n) is 2.33. The molecule has 2 rings (SSSR count). The van der Waals surface area contributed by atoms with Crippen molar-refractivity contribution in [2.45, 2.75) is 13.8 Å². The second-order valence-electron chi connectivity index (χ2n) is 3.91. The number of ether oxygens (including phenoxy) is 2. The SMILES string of the molecule is CCOc1cc(N)cc(Oc2ccc(C)nc2)c1. The molecule has 0 fully saturated rings. The lowest BCUT2D eigenvalue weighted by atomic mass is 10.3. The van der Waals surface area contributed by atoms with Gasteiger partial charge in [-0.2, -0.15) is 0 Å². The molecule has 0 aliphatic rings. The minimum Gasteiger partial charge on any atom is -0.494 e. The van der Waals surface area contributed by atoms with Gasteiger partial charge in [0.25, 0.3) is 0 Å². The number of aromatic nitrogens is 1. The zero-order valence-electron chi connectivity index (χ0n) is 10.5. The number of anilines is 1. The fourth-order valence-electron chi connectivity index (χ4n) is 1.55. The van der Waals surface area contributed by atoms with Crippen LogP contribution in [0.2, 0.25) is 0 Å². The zero-order chi connectivity index (χ0) is 13.0. The number of nitrogen functional groups attached to an aromatic ring is 1. The topological polar surface area (TPSA) is 57.4 Å². The van der Waals surface area contributed by atoms with Crippen LogP contribution in [-0.2, 0) is 0 Å². The van der Waals surface area contributed by atoms with Crippen molar-refractivity contribution in [3.63, 3.8) is 0 Å². The summed E-state index contributed by atoms with van der Waals surface area (Å²) in [6.07, 6.45) is 1.68. The number of hydrogen-bond acceptors (Lipinski definition) is 4. The average molecular weight is 244 g/mol. The number of pyridine rings is 1. The van der Waals surface area contributed by atoms with Gasteiger partial charge in [-0.05, 0) is 26.0 Å². The van der Waals surface area contributed by atoms with Crippen LogP contribution in [0.25, 0.3) is 0 Å². The molecule has 0 spiro atoms. The number of aryl methyl sites for hydroxylation is 1. The molecule has 1 aromatic carbocycles. The molecular formula is C14H16N2O2. The van der Waals surface area contributed by atoms with Gasteiger partial charge in [-0.3, -0.25) is 4.98 Å². The van der Waals surface area contributed by atoms with Gasteiger partial charge >= 0.3 is 0 Å². The molecule has 1 aromatic heterocycles. The molecule has 2 aromatic rings. The Morgan fingerprint density at radius 2 is 1.89 bits per heavy atom. The Balaban J connectivity index is 2.20. The molecule has 4 nitrogen and oxygen atoms in total. The van der Waals surface area contributed by atoms with Gasteiger partial charge < -0.3 is 15.2 Å². The monoisotopic (exact) mass is 244 g/mol. The average Bonchev–Trinajstić information content (AvgIpc) is 2.32. The lowest BCUT2D eigenvalue weighted by Gasteiger charge is -2.09. The highest BCUT2D eigenvalue weighted by Crippen LogP contribution is 2.28. The van der Waals surface area contributed by atoms with Crippen molar-refractivity contribution in [3.8, 4) is 17.2 Å². The van der Waals surface area contributed by atoms with Crippen molar-refractivity contribution in [2.24, 2.45) is 0 Å². The third-order valence-corrected chi connectivity index (χ3v) is 2.33. The highest BCUT2D eigenvalue weighted by Gasteiger charge is 2.02. The molecule has 0 atom stereocenters. The molecule has 0 unspecified atom stereocenters. The lowest BCUT2D eigenvalue weighted by Crippen LogP contribution is -1.95. The van der Waals surface area contributed by atoms with E-state index >= 15 is 0 Å². The first-order chi connectivity index (χ1) is 8.67. The molecule has 0 aliphatic carbocycles. The van der Waals surface area contributed by atoms with E-state index in [2.05, 4.69) is 4.98 Å². The van der Waals surface area contributed by atoms with Crippen molar-refractivity contribution >= 4 is 5.69 Å². The minimum absolute atomic E-state index is 0.592. The van der Waals surface area contributed by atoms with Gasteiger partial charge in [-0.25, -0.2) is 0 Å². The fraction of sp³-hybridized carbons (Fsp3) is 0.214. The number of hydrogen-bond donors (Lipinski definition) is 1. The van der Waals surface area contributed by atoms with E-state index in [1.54, 1.807) is 24.4 Å². The van der Waals surface area contributed by atoms with E-state index in [9.17, 15) is 0 Å². The maximum Gasteiger partial charge on any atom is 0.145 e. The zero-order valence-corrected chi connectivity index (χ0v) is 10.5. The van der Waals surface area contributed by atoms with Crippen molar-refractivity contribution < 1.29 is 9.47 Å². The summed E-state index contributed by atoms with van der Waals surface area (Å²) in [4.78, 5) is 4.17. The Labute approximate surface area is 106 Å². The van der Waals surface area contributed by atoms with E-state index in [1.807, 2.05) is 26.0 Å². The van der Waals surface area contributed by atoms with Gasteiger partial charge in [0.05, 0.1) is 12.8 Å². The number of benzene rings is 1. The van der Waals surface area contributed by atoms with E-state index < -0.39 is 0 Å². The van der Waals surface area contributed by atoms with Gasteiger partial charge in [0.15, 0.2) is 0 Å². The summed E-state index contributed by atoms with van der Waals surface area (Å²) >= 11 is 0. The van der Waals surface area contributed by atoms with Crippen LogP contribution in [0, 0.1) is 6.92 Å².